The second-order valence-corrected chi connectivity index (χ2v) is 8.01. The van der Waals surface area contributed by atoms with E-state index >= 15 is 0 Å². The molecule has 0 atom stereocenters. The molecule has 1 aliphatic rings. The van der Waals surface area contributed by atoms with Gasteiger partial charge in [-0.15, -0.1) is 0 Å². The maximum Gasteiger partial charge on any atom is 0.246 e. The van der Waals surface area contributed by atoms with Gasteiger partial charge in [-0.05, 0) is 57.2 Å². The summed E-state index contributed by atoms with van der Waals surface area (Å²) in [6.07, 6.45) is 6.93. The van der Waals surface area contributed by atoms with Crippen molar-refractivity contribution in [1.82, 2.24) is 4.90 Å². The highest BCUT2D eigenvalue weighted by Gasteiger charge is 2.18. The van der Waals surface area contributed by atoms with Crippen LogP contribution in [0.1, 0.15) is 44.2 Å². The number of benzene rings is 2. The first-order valence-corrected chi connectivity index (χ1v) is 10.8. The van der Waals surface area contributed by atoms with Gasteiger partial charge in [0, 0.05) is 41.7 Å². The Labute approximate surface area is 178 Å². The number of nitrogens with zero attached hydrogens (tertiary/aromatic N) is 1. The van der Waals surface area contributed by atoms with E-state index in [1.807, 2.05) is 24.8 Å². The van der Waals surface area contributed by atoms with Crippen LogP contribution in [0, 0.1) is 6.92 Å². The number of rotatable bonds is 5. The molecule has 3 aromatic rings. The summed E-state index contributed by atoms with van der Waals surface area (Å²) in [5, 5.41) is 1.02. The lowest BCUT2D eigenvalue weighted by atomic mass is 9.98. The Morgan fingerprint density at radius 2 is 1.87 bits per heavy atom. The Morgan fingerprint density at radius 1 is 1.13 bits per heavy atom. The zero-order valence-electron chi connectivity index (χ0n) is 18.0. The van der Waals surface area contributed by atoms with E-state index in [9.17, 15) is 4.79 Å². The van der Waals surface area contributed by atoms with Crippen LogP contribution in [0.25, 0.3) is 27.7 Å². The lowest BCUT2D eigenvalue weighted by Crippen LogP contribution is -2.34. The van der Waals surface area contributed by atoms with Crippen molar-refractivity contribution >= 4 is 22.4 Å². The summed E-state index contributed by atoms with van der Waals surface area (Å²) >= 11 is 0. The summed E-state index contributed by atoms with van der Waals surface area (Å²) in [7, 11) is 0. The zero-order chi connectivity index (χ0) is 21.1. The second kappa shape index (κ2) is 8.78. The summed E-state index contributed by atoms with van der Waals surface area (Å²) in [4.78, 5) is 14.7. The minimum atomic E-state index is 0.0840. The summed E-state index contributed by atoms with van der Waals surface area (Å²) < 4.78 is 11.8. The van der Waals surface area contributed by atoms with E-state index in [2.05, 4.69) is 37.3 Å². The highest BCUT2D eigenvalue weighted by Crippen LogP contribution is 2.37. The standard InChI is InChI=1S/C26H29NO3/c1-4-29-24-16-25-22(23(17-30-25)20-10-8-18(2)9-11-20)15-21(24)19(3)14-26(28)27-12-6-5-7-13-27/h8-11,14-17H,4-7,12-13H2,1-3H3/b19-14+. The quantitative estimate of drug-likeness (QED) is 0.475. The van der Waals surface area contributed by atoms with Gasteiger partial charge in [0.25, 0.3) is 0 Å². The summed E-state index contributed by atoms with van der Waals surface area (Å²) in [5.41, 5.74) is 6.01. The zero-order valence-corrected chi connectivity index (χ0v) is 18.0. The number of carbonyl (C=O) groups is 1. The molecular weight excluding hydrogens is 374 g/mol. The van der Waals surface area contributed by atoms with Crippen molar-refractivity contribution in [2.24, 2.45) is 0 Å². The monoisotopic (exact) mass is 403 g/mol. The molecule has 4 heteroatoms. The van der Waals surface area contributed by atoms with E-state index in [4.69, 9.17) is 9.15 Å². The van der Waals surface area contributed by atoms with Crippen LogP contribution < -0.4 is 4.74 Å². The molecule has 0 spiro atoms. The van der Waals surface area contributed by atoms with Crippen LogP contribution >= 0.6 is 0 Å². The van der Waals surface area contributed by atoms with Gasteiger partial charge in [-0.25, -0.2) is 0 Å². The summed E-state index contributed by atoms with van der Waals surface area (Å²) in [5.74, 6) is 0.829. The molecule has 0 radical (unpaired) electrons. The molecule has 1 aliphatic heterocycles. The molecule has 2 aromatic carbocycles. The predicted octanol–water partition coefficient (Wildman–Crippen LogP) is 6.22. The third kappa shape index (κ3) is 4.13. The van der Waals surface area contributed by atoms with Gasteiger partial charge in [0.1, 0.15) is 11.3 Å². The topological polar surface area (TPSA) is 42.7 Å². The van der Waals surface area contributed by atoms with Gasteiger partial charge in [0.05, 0.1) is 12.9 Å². The maximum absolute atomic E-state index is 12.8. The van der Waals surface area contributed by atoms with E-state index in [1.54, 1.807) is 12.3 Å². The first-order chi connectivity index (χ1) is 14.6. The van der Waals surface area contributed by atoms with Gasteiger partial charge < -0.3 is 14.1 Å². The fraction of sp³-hybridized carbons (Fsp3) is 0.346. The van der Waals surface area contributed by atoms with E-state index < -0.39 is 0 Å². The molecule has 156 valence electrons. The number of aryl methyl sites for hydroxylation is 1. The van der Waals surface area contributed by atoms with E-state index in [1.165, 1.54) is 12.0 Å². The average Bonchev–Trinajstić information content (AvgIpc) is 3.17. The molecule has 0 bridgehead atoms. The van der Waals surface area contributed by atoms with Gasteiger partial charge in [-0.3, -0.25) is 4.79 Å². The van der Waals surface area contributed by atoms with Crippen LogP contribution in [0.4, 0.5) is 0 Å². The van der Waals surface area contributed by atoms with Gasteiger partial charge in [-0.1, -0.05) is 29.8 Å². The highest BCUT2D eigenvalue weighted by atomic mass is 16.5. The Balaban J connectivity index is 1.75. The number of amides is 1. The van der Waals surface area contributed by atoms with Crippen LogP contribution in [0.5, 0.6) is 5.75 Å². The van der Waals surface area contributed by atoms with Gasteiger partial charge in [0.2, 0.25) is 5.91 Å². The van der Waals surface area contributed by atoms with Crippen LogP contribution in [-0.2, 0) is 4.79 Å². The van der Waals surface area contributed by atoms with Crippen molar-refractivity contribution < 1.29 is 13.9 Å². The lowest BCUT2D eigenvalue weighted by molar-refractivity contribution is -0.126. The van der Waals surface area contributed by atoms with Crippen LogP contribution in [0.2, 0.25) is 0 Å². The molecule has 1 aromatic heterocycles. The van der Waals surface area contributed by atoms with Crippen LogP contribution in [-0.4, -0.2) is 30.5 Å². The fourth-order valence-corrected chi connectivity index (χ4v) is 4.06. The normalized spacial score (nSPS) is 14.9. The SMILES string of the molecule is CCOc1cc2occ(-c3ccc(C)cc3)c2cc1/C(C)=C/C(=O)N1CCCCC1. The van der Waals surface area contributed by atoms with Crippen molar-refractivity contribution in [2.45, 2.75) is 40.0 Å². The Hall–Kier alpha value is -3.01. The highest BCUT2D eigenvalue weighted by molar-refractivity contribution is 6.00. The van der Waals surface area contributed by atoms with Crippen LogP contribution in [0.3, 0.4) is 0 Å². The molecule has 1 saturated heterocycles. The lowest BCUT2D eigenvalue weighted by Gasteiger charge is -2.25. The van der Waals surface area contributed by atoms with Crippen molar-refractivity contribution in [3.63, 3.8) is 0 Å². The van der Waals surface area contributed by atoms with Gasteiger partial charge in [-0.2, -0.15) is 0 Å². The van der Waals surface area contributed by atoms with Gasteiger partial charge >= 0.3 is 0 Å². The van der Waals surface area contributed by atoms with Crippen molar-refractivity contribution in [3.8, 4) is 16.9 Å². The molecule has 30 heavy (non-hydrogen) atoms. The molecule has 0 unspecified atom stereocenters. The van der Waals surface area contributed by atoms with Crippen molar-refractivity contribution in [3.05, 3.63) is 59.9 Å². The predicted molar refractivity (Wildman–Crippen MR) is 122 cm³/mol. The Morgan fingerprint density at radius 3 is 2.57 bits per heavy atom. The number of piperidine rings is 1. The molecule has 4 nitrogen and oxygen atoms in total. The molecule has 0 aliphatic carbocycles. The Kier molecular flexibility index (Phi) is 5.93. The summed E-state index contributed by atoms with van der Waals surface area (Å²) in [6.45, 7) is 8.27. The average molecular weight is 404 g/mol. The van der Waals surface area contributed by atoms with E-state index in [0.717, 1.165) is 64.9 Å². The second-order valence-electron chi connectivity index (χ2n) is 8.01. The van der Waals surface area contributed by atoms with Crippen molar-refractivity contribution in [2.75, 3.05) is 19.7 Å². The van der Waals surface area contributed by atoms with E-state index in [0.29, 0.717) is 6.61 Å². The van der Waals surface area contributed by atoms with E-state index in [-0.39, 0.29) is 5.91 Å². The van der Waals surface area contributed by atoms with Crippen molar-refractivity contribution in [1.29, 1.82) is 0 Å². The number of ether oxygens (including phenoxy) is 1. The van der Waals surface area contributed by atoms with Gasteiger partial charge in [0.15, 0.2) is 0 Å². The number of furan rings is 1. The number of allylic oxidation sites excluding steroid dienone is 1. The first kappa shape index (κ1) is 20.3. The molecule has 4 rings (SSSR count). The third-order valence-corrected chi connectivity index (χ3v) is 5.77. The minimum Gasteiger partial charge on any atom is -0.493 e. The minimum absolute atomic E-state index is 0.0840. The number of hydrogen-bond acceptors (Lipinski definition) is 3. The molecule has 0 N–H and O–H groups in total. The number of fused-ring (bicyclic) bond motifs is 1. The molecule has 2 heterocycles. The molecule has 0 saturated carbocycles. The Bertz CT molecular complexity index is 1070. The molecule has 1 amide bonds. The smallest absolute Gasteiger partial charge is 0.246 e. The third-order valence-electron chi connectivity index (χ3n) is 5.77. The molecule has 1 fully saturated rings. The number of hydrogen-bond donors (Lipinski definition) is 0. The summed E-state index contributed by atoms with van der Waals surface area (Å²) in [6, 6.07) is 12.5. The maximum atomic E-state index is 12.8. The van der Waals surface area contributed by atoms with Crippen LogP contribution in [0.15, 0.2) is 53.2 Å². The molecular formula is C26H29NO3. The fourth-order valence-electron chi connectivity index (χ4n) is 4.06. The number of carbonyl (C=O) groups excluding carboxylic acids is 1. The number of likely N-dealkylation sites (tertiary alicyclic amines) is 1. The first-order valence-electron chi connectivity index (χ1n) is 10.8. The largest absolute Gasteiger partial charge is 0.493 e.